The van der Waals surface area contributed by atoms with Crippen LogP contribution in [0.25, 0.3) is 10.2 Å². The number of hydrogen-bond acceptors (Lipinski definition) is 5. The van der Waals surface area contributed by atoms with Crippen molar-refractivity contribution >= 4 is 27.4 Å². The highest BCUT2D eigenvalue weighted by Crippen LogP contribution is 2.24. The van der Waals surface area contributed by atoms with Gasteiger partial charge in [-0.1, -0.05) is 13.3 Å². The van der Waals surface area contributed by atoms with Gasteiger partial charge in [0.05, 0.1) is 10.2 Å². The summed E-state index contributed by atoms with van der Waals surface area (Å²) in [6.45, 7) is 7.01. The molecule has 2 aromatic rings. The molecule has 4 nitrogen and oxygen atoms in total. The molecule has 3 heterocycles. The molecule has 1 N–H and O–H groups in total. The molecule has 0 aliphatic carbocycles. The number of fused-ring (bicyclic) bond motifs is 1. The number of anilines is 1. The van der Waals surface area contributed by atoms with Gasteiger partial charge in [-0.2, -0.15) is 0 Å². The van der Waals surface area contributed by atoms with Gasteiger partial charge in [-0.25, -0.2) is 9.97 Å². The third kappa shape index (κ3) is 3.27. The number of hydrogen-bond donors (Lipinski definition) is 1. The Morgan fingerprint density at radius 1 is 1.30 bits per heavy atom. The van der Waals surface area contributed by atoms with E-state index in [0.717, 1.165) is 22.6 Å². The first-order chi connectivity index (χ1) is 9.83. The quantitative estimate of drug-likeness (QED) is 0.918. The Kier molecular flexibility index (Phi) is 4.47. The molecule has 0 unspecified atom stereocenters. The summed E-state index contributed by atoms with van der Waals surface area (Å²) in [5.41, 5.74) is 1.04. The van der Waals surface area contributed by atoms with Crippen LogP contribution < -0.4 is 5.32 Å². The SMILES string of the molecule is C[C@@H](CNc1ncnc2ccsc12)CN1CCCCC1. The Labute approximate surface area is 124 Å². The minimum atomic E-state index is 0.637. The fourth-order valence-electron chi connectivity index (χ4n) is 2.83. The molecule has 1 aliphatic rings. The van der Waals surface area contributed by atoms with E-state index in [1.165, 1.54) is 38.9 Å². The van der Waals surface area contributed by atoms with E-state index in [4.69, 9.17) is 0 Å². The molecule has 1 atom stereocenters. The molecular weight excluding hydrogens is 268 g/mol. The normalized spacial score (nSPS) is 18.2. The van der Waals surface area contributed by atoms with Crippen LogP contribution in [-0.4, -0.2) is 41.0 Å². The molecule has 1 fully saturated rings. The predicted molar refractivity (Wildman–Crippen MR) is 85.4 cm³/mol. The Balaban J connectivity index is 1.54. The minimum absolute atomic E-state index is 0.637. The molecule has 3 rings (SSSR count). The summed E-state index contributed by atoms with van der Waals surface area (Å²) in [5, 5.41) is 5.57. The lowest BCUT2D eigenvalue weighted by atomic mass is 10.1. The topological polar surface area (TPSA) is 41.1 Å². The summed E-state index contributed by atoms with van der Waals surface area (Å²) < 4.78 is 1.16. The van der Waals surface area contributed by atoms with Crippen molar-refractivity contribution in [1.29, 1.82) is 0 Å². The molecule has 0 amide bonds. The number of piperidine rings is 1. The van der Waals surface area contributed by atoms with Crippen molar-refractivity contribution in [1.82, 2.24) is 14.9 Å². The van der Waals surface area contributed by atoms with Crippen LogP contribution in [0.3, 0.4) is 0 Å². The standard InChI is InChI=1S/C15H22N4S/c1-12(10-19-6-3-2-4-7-19)9-16-15-14-13(5-8-20-14)17-11-18-15/h5,8,11-12H,2-4,6-7,9-10H2,1H3,(H,16,17,18)/t12-/m0/s1. The van der Waals surface area contributed by atoms with E-state index in [1.54, 1.807) is 17.7 Å². The van der Waals surface area contributed by atoms with Crippen molar-refractivity contribution in [3.8, 4) is 0 Å². The molecule has 0 bridgehead atoms. The van der Waals surface area contributed by atoms with Crippen LogP contribution in [-0.2, 0) is 0 Å². The highest BCUT2D eigenvalue weighted by Gasteiger charge is 2.14. The second kappa shape index (κ2) is 6.50. The zero-order valence-electron chi connectivity index (χ0n) is 12.0. The molecule has 1 saturated heterocycles. The summed E-state index contributed by atoms with van der Waals surface area (Å²) in [6.07, 6.45) is 5.77. The molecule has 0 saturated carbocycles. The summed E-state index contributed by atoms with van der Waals surface area (Å²) in [5.74, 6) is 1.62. The van der Waals surface area contributed by atoms with Crippen molar-refractivity contribution in [3.05, 3.63) is 17.8 Å². The first kappa shape index (κ1) is 13.8. The van der Waals surface area contributed by atoms with Crippen molar-refractivity contribution in [3.63, 3.8) is 0 Å². The molecule has 0 aromatic carbocycles. The lowest BCUT2D eigenvalue weighted by molar-refractivity contribution is 0.204. The molecule has 5 heteroatoms. The maximum Gasteiger partial charge on any atom is 0.147 e. The van der Waals surface area contributed by atoms with Crippen LogP contribution in [0.4, 0.5) is 5.82 Å². The summed E-state index contributed by atoms with van der Waals surface area (Å²) in [6, 6.07) is 2.05. The maximum absolute atomic E-state index is 4.37. The van der Waals surface area contributed by atoms with E-state index in [0.29, 0.717) is 5.92 Å². The van der Waals surface area contributed by atoms with Crippen molar-refractivity contribution in [2.24, 2.45) is 5.92 Å². The minimum Gasteiger partial charge on any atom is -0.368 e. The Hall–Kier alpha value is -1.20. The van der Waals surface area contributed by atoms with Gasteiger partial charge in [0.25, 0.3) is 0 Å². The van der Waals surface area contributed by atoms with Gasteiger partial charge < -0.3 is 10.2 Å². The first-order valence-corrected chi connectivity index (χ1v) is 8.35. The smallest absolute Gasteiger partial charge is 0.147 e. The third-order valence-corrected chi connectivity index (χ3v) is 4.79. The van der Waals surface area contributed by atoms with E-state index in [2.05, 4.69) is 32.5 Å². The molecule has 2 aromatic heterocycles. The van der Waals surface area contributed by atoms with Gasteiger partial charge in [-0.15, -0.1) is 11.3 Å². The average molecular weight is 290 g/mol. The monoisotopic (exact) mass is 290 g/mol. The van der Waals surface area contributed by atoms with Gasteiger partial charge >= 0.3 is 0 Å². The number of rotatable bonds is 5. The fraction of sp³-hybridized carbons (Fsp3) is 0.600. The lowest BCUT2D eigenvalue weighted by Crippen LogP contribution is -2.35. The zero-order valence-corrected chi connectivity index (χ0v) is 12.8. The van der Waals surface area contributed by atoms with E-state index in [9.17, 15) is 0 Å². The highest BCUT2D eigenvalue weighted by molar-refractivity contribution is 7.17. The van der Waals surface area contributed by atoms with Crippen LogP contribution in [0.2, 0.25) is 0 Å². The largest absolute Gasteiger partial charge is 0.368 e. The van der Waals surface area contributed by atoms with E-state index >= 15 is 0 Å². The molecule has 1 aliphatic heterocycles. The number of likely N-dealkylation sites (tertiary alicyclic amines) is 1. The van der Waals surface area contributed by atoms with Crippen molar-refractivity contribution < 1.29 is 0 Å². The van der Waals surface area contributed by atoms with Gasteiger partial charge in [0, 0.05) is 13.1 Å². The van der Waals surface area contributed by atoms with Crippen molar-refractivity contribution in [2.75, 3.05) is 31.5 Å². The average Bonchev–Trinajstić information content (AvgIpc) is 2.95. The van der Waals surface area contributed by atoms with Crippen LogP contribution >= 0.6 is 11.3 Å². The van der Waals surface area contributed by atoms with Gasteiger partial charge in [0.15, 0.2) is 0 Å². The molecule has 20 heavy (non-hydrogen) atoms. The Morgan fingerprint density at radius 3 is 3.00 bits per heavy atom. The van der Waals surface area contributed by atoms with Crippen LogP contribution in [0.5, 0.6) is 0 Å². The van der Waals surface area contributed by atoms with E-state index in [1.807, 2.05) is 6.07 Å². The summed E-state index contributed by atoms with van der Waals surface area (Å²) in [7, 11) is 0. The van der Waals surface area contributed by atoms with Crippen LogP contribution in [0.15, 0.2) is 17.8 Å². The number of nitrogens with zero attached hydrogens (tertiary/aromatic N) is 3. The summed E-state index contributed by atoms with van der Waals surface area (Å²) in [4.78, 5) is 11.2. The van der Waals surface area contributed by atoms with Gasteiger partial charge in [-0.3, -0.25) is 0 Å². The molecule has 0 spiro atoms. The highest BCUT2D eigenvalue weighted by atomic mass is 32.1. The predicted octanol–water partition coefficient (Wildman–Crippen LogP) is 3.23. The van der Waals surface area contributed by atoms with E-state index in [-0.39, 0.29) is 0 Å². The second-order valence-corrected chi connectivity index (χ2v) is 6.62. The summed E-state index contributed by atoms with van der Waals surface area (Å²) >= 11 is 1.70. The van der Waals surface area contributed by atoms with Gasteiger partial charge in [-0.05, 0) is 43.3 Å². The van der Waals surface area contributed by atoms with Crippen LogP contribution in [0.1, 0.15) is 26.2 Å². The second-order valence-electron chi connectivity index (χ2n) is 5.70. The van der Waals surface area contributed by atoms with Crippen LogP contribution in [0, 0.1) is 5.92 Å². The zero-order chi connectivity index (χ0) is 13.8. The lowest BCUT2D eigenvalue weighted by Gasteiger charge is -2.29. The van der Waals surface area contributed by atoms with Gasteiger partial charge in [0.2, 0.25) is 0 Å². The molecule has 0 radical (unpaired) electrons. The fourth-order valence-corrected chi connectivity index (χ4v) is 3.64. The van der Waals surface area contributed by atoms with E-state index < -0.39 is 0 Å². The molecular formula is C15H22N4S. The first-order valence-electron chi connectivity index (χ1n) is 7.47. The number of nitrogens with one attached hydrogen (secondary N) is 1. The van der Waals surface area contributed by atoms with Gasteiger partial charge in [0.1, 0.15) is 12.1 Å². The Bertz CT molecular complexity index is 548. The Morgan fingerprint density at radius 2 is 2.15 bits per heavy atom. The maximum atomic E-state index is 4.37. The third-order valence-electron chi connectivity index (χ3n) is 3.88. The number of aromatic nitrogens is 2. The molecule has 108 valence electrons. The van der Waals surface area contributed by atoms with Crippen molar-refractivity contribution in [2.45, 2.75) is 26.2 Å². The number of thiophene rings is 1.